The smallest absolute Gasteiger partial charge is 0.271 e. The van der Waals surface area contributed by atoms with Crippen LogP contribution in [-0.2, 0) is 14.9 Å². The van der Waals surface area contributed by atoms with E-state index >= 15 is 0 Å². The Balaban J connectivity index is 4.07. The average Bonchev–Trinajstić information content (AvgIpc) is 1.87. The number of ether oxygens (including phenoxy) is 1. The lowest BCUT2D eigenvalue weighted by atomic mass is 10.3. The molecule has 0 aliphatic rings. The van der Waals surface area contributed by atoms with Gasteiger partial charge in [0.1, 0.15) is 11.9 Å². The highest BCUT2D eigenvalue weighted by Crippen LogP contribution is 2.03. The second kappa shape index (κ2) is 4.35. The fraction of sp³-hybridized carbons (Fsp3) is 0.667. The molecule has 0 aliphatic heterocycles. The topological polar surface area (TPSA) is 63.6 Å². The molecule has 0 aromatic heterocycles. The predicted molar refractivity (Wildman–Crippen MR) is 41.8 cm³/mol. The fourth-order valence-corrected chi connectivity index (χ4v) is 1.26. The van der Waals surface area contributed by atoms with Crippen molar-refractivity contribution in [3.8, 4) is 0 Å². The maximum Gasteiger partial charge on any atom is 0.271 e. The molecule has 66 valence electrons. The molecular weight excluding hydrogens is 168 g/mol. The van der Waals surface area contributed by atoms with Gasteiger partial charge in [0.15, 0.2) is 0 Å². The predicted octanol–water partition coefficient (Wildman–Crippen LogP) is 0.813. The van der Waals surface area contributed by atoms with Gasteiger partial charge in [-0.3, -0.25) is 4.55 Å². The maximum absolute atomic E-state index is 10.5. The molecule has 0 aromatic rings. The van der Waals surface area contributed by atoms with Gasteiger partial charge in [0.2, 0.25) is 0 Å². The van der Waals surface area contributed by atoms with Crippen LogP contribution in [-0.4, -0.2) is 24.8 Å². The maximum atomic E-state index is 10.5. The molecule has 0 bridgehead atoms. The zero-order chi connectivity index (χ0) is 8.91. The van der Waals surface area contributed by atoms with Crippen LogP contribution in [0.3, 0.4) is 0 Å². The summed E-state index contributed by atoms with van der Waals surface area (Å²) in [6.07, 6.45) is 1.47. The summed E-state index contributed by atoms with van der Waals surface area (Å²) in [4.78, 5) is 0. The van der Waals surface area contributed by atoms with Crippen LogP contribution in [0, 0.1) is 0 Å². The van der Waals surface area contributed by atoms with E-state index in [4.69, 9.17) is 4.55 Å². The van der Waals surface area contributed by atoms with Gasteiger partial charge in [0.05, 0.1) is 6.26 Å². The number of hydrogen-bond acceptors (Lipinski definition) is 3. The molecule has 1 N–H and O–H groups in total. The second-order valence-electron chi connectivity index (χ2n) is 2.05. The van der Waals surface area contributed by atoms with Crippen molar-refractivity contribution >= 4 is 10.1 Å². The van der Waals surface area contributed by atoms with Crippen LogP contribution in [0.4, 0.5) is 0 Å². The number of hydrogen-bond donors (Lipinski definition) is 1. The van der Waals surface area contributed by atoms with Gasteiger partial charge in [-0.05, 0) is 6.42 Å². The molecule has 0 amide bonds. The Morgan fingerprint density at radius 1 is 1.73 bits per heavy atom. The summed E-state index contributed by atoms with van der Waals surface area (Å²) in [5.74, 6) is 0. The lowest BCUT2D eigenvalue weighted by molar-refractivity contribution is 0.242. The van der Waals surface area contributed by atoms with Crippen molar-refractivity contribution in [3.63, 3.8) is 0 Å². The molecule has 1 atom stereocenters. The minimum atomic E-state index is -3.96. The molecular formula is C6H12O4S. The Kier molecular flexibility index (Phi) is 4.14. The van der Waals surface area contributed by atoms with Crippen molar-refractivity contribution < 1.29 is 17.7 Å². The first-order chi connectivity index (χ1) is 5.02. The Labute approximate surface area is 66.6 Å². The standard InChI is InChI=1S/C6H12O4S/c1-3-6(5-10-4-2)11(7,8)9/h4,6H,2-3,5H2,1H3,(H,7,8,9). The molecule has 0 rings (SSSR count). The molecule has 0 radical (unpaired) electrons. The van der Waals surface area contributed by atoms with Gasteiger partial charge in [-0.2, -0.15) is 8.42 Å². The van der Waals surface area contributed by atoms with Gasteiger partial charge in [0.25, 0.3) is 10.1 Å². The Morgan fingerprint density at radius 3 is 2.55 bits per heavy atom. The van der Waals surface area contributed by atoms with E-state index in [1.807, 2.05) is 0 Å². The van der Waals surface area contributed by atoms with E-state index in [9.17, 15) is 8.42 Å². The van der Waals surface area contributed by atoms with Crippen molar-refractivity contribution in [2.24, 2.45) is 0 Å². The van der Waals surface area contributed by atoms with E-state index in [1.165, 1.54) is 0 Å². The van der Waals surface area contributed by atoms with E-state index in [1.54, 1.807) is 6.92 Å². The highest BCUT2D eigenvalue weighted by Gasteiger charge is 2.20. The number of rotatable bonds is 5. The van der Waals surface area contributed by atoms with Crippen LogP contribution in [0.1, 0.15) is 13.3 Å². The molecule has 0 fully saturated rings. The molecule has 0 saturated carbocycles. The van der Waals surface area contributed by atoms with Crippen molar-refractivity contribution in [1.82, 2.24) is 0 Å². The first-order valence-electron chi connectivity index (χ1n) is 3.21. The average molecular weight is 180 g/mol. The third-order valence-electron chi connectivity index (χ3n) is 1.28. The third kappa shape index (κ3) is 4.00. The molecule has 0 spiro atoms. The lowest BCUT2D eigenvalue weighted by Crippen LogP contribution is -2.24. The Morgan fingerprint density at radius 2 is 2.27 bits per heavy atom. The quantitative estimate of drug-likeness (QED) is 0.502. The van der Waals surface area contributed by atoms with E-state index in [2.05, 4.69) is 11.3 Å². The molecule has 0 aromatic carbocycles. The van der Waals surface area contributed by atoms with Crippen LogP contribution in [0.2, 0.25) is 0 Å². The zero-order valence-corrected chi connectivity index (χ0v) is 7.17. The van der Waals surface area contributed by atoms with Crippen molar-refractivity contribution in [2.75, 3.05) is 6.61 Å². The molecule has 5 heteroatoms. The lowest BCUT2D eigenvalue weighted by Gasteiger charge is -2.09. The molecule has 0 aliphatic carbocycles. The van der Waals surface area contributed by atoms with E-state index in [0.717, 1.165) is 6.26 Å². The van der Waals surface area contributed by atoms with Gasteiger partial charge < -0.3 is 4.74 Å². The molecule has 0 heterocycles. The minimum Gasteiger partial charge on any atom is -0.500 e. The van der Waals surface area contributed by atoms with Crippen LogP contribution < -0.4 is 0 Å². The summed E-state index contributed by atoms with van der Waals surface area (Å²) in [5.41, 5.74) is 0. The van der Waals surface area contributed by atoms with Crippen LogP contribution in [0.15, 0.2) is 12.8 Å². The Bertz CT molecular complexity index is 207. The van der Waals surface area contributed by atoms with Crippen LogP contribution >= 0.6 is 0 Å². The Hall–Kier alpha value is -0.550. The minimum absolute atomic E-state index is 0.0428. The molecule has 11 heavy (non-hydrogen) atoms. The highest BCUT2D eigenvalue weighted by molar-refractivity contribution is 7.86. The second-order valence-corrected chi connectivity index (χ2v) is 3.74. The van der Waals surface area contributed by atoms with Crippen molar-refractivity contribution in [2.45, 2.75) is 18.6 Å². The summed E-state index contributed by atoms with van der Waals surface area (Å²) < 4.78 is 34.2. The van der Waals surface area contributed by atoms with E-state index < -0.39 is 15.4 Å². The summed E-state index contributed by atoms with van der Waals surface area (Å²) >= 11 is 0. The van der Waals surface area contributed by atoms with Gasteiger partial charge in [-0.15, -0.1) is 0 Å². The van der Waals surface area contributed by atoms with Gasteiger partial charge >= 0.3 is 0 Å². The largest absolute Gasteiger partial charge is 0.500 e. The molecule has 0 saturated heterocycles. The van der Waals surface area contributed by atoms with Crippen LogP contribution in [0.5, 0.6) is 0 Å². The molecule has 4 nitrogen and oxygen atoms in total. The van der Waals surface area contributed by atoms with E-state index in [0.29, 0.717) is 6.42 Å². The van der Waals surface area contributed by atoms with Gasteiger partial charge in [-0.25, -0.2) is 0 Å². The summed E-state index contributed by atoms with van der Waals surface area (Å²) in [6, 6.07) is 0. The van der Waals surface area contributed by atoms with Gasteiger partial charge in [0, 0.05) is 0 Å². The van der Waals surface area contributed by atoms with Crippen molar-refractivity contribution in [1.29, 1.82) is 0 Å². The first kappa shape index (κ1) is 10.4. The summed E-state index contributed by atoms with van der Waals surface area (Å²) in [6.45, 7) is 4.87. The summed E-state index contributed by atoms with van der Waals surface area (Å²) in [5, 5.41) is -0.847. The van der Waals surface area contributed by atoms with Crippen LogP contribution in [0.25, 0.3) is 0 Å². The molecule has 1 unspecified atom stereocenters. The van der Waals surface area contributed by atoms with Crippen molar-refractivity contribution in [3.05, 3.63) is 12.8 Å². The fourth-order valence-electron chi connectivity index (χ4n) is 0.590. The third-order valence-corrected chi connectivity index (χ3v) is 2.59. The normalized spacial score (nSPS) is 14.0. The highest BCUT2D eigenvalue weighted by atomic mass is 32.2. The van der Waals surface area contributed by atoms with E-state index in [-0.39, 0.29) is 6.61 Å². The summed E-state index contributed by atoms with van der Waals surface area (Å²) in [7, 11) is -3.96. The zero-order valence-electron chi connectivity index (χ0n) is 6.36. The first-order valence-corrected chi connectivity index (χ1v) is 4.71. The SMILES string of the molecule is C=COCC(CC)S(=O)(=O)O. The monoisotopic (exact) mass is 180 g/mol. The van der Waals surface area contributed by atoms with Gasteiger partial charge in [-0.1, -0.05) is 13.5 Å².